The van der Waals surface area contributed by atoms with Crippen molar-refractivity contribution in [1.29, 1.82) is 0 Å². The Bertz CT molecular complexity index is 161. The van der Waals surface area contributed by atoms with Gasteiger partial charge in [0.2, 0.25) is 0 Å². The summed E-state index contributed by atoms with van der Waals surface area (Å²) in [4.78, 5) is 1.73. The summed E-state index contributed by atoms with van der Waals surface area (Å²) in [7, 11) is 5.89. The highest BCUT2D eigenvalue weighted by atomic mass is 15.2. The van der Waals surface area contributed by atoms with Crippen molar-refractivity contribution in [1.82, 2.24) is 10.1 Å². The van der Waals surface area contributed by atoms with E-state index in [2.05, 4.69) is 26.1 Å². The molecule has 0 aliphatic heterocycles. The lowest BCUT2D eigenvalue weighted by molar-refractivity contribution is 0.173. The van der Waals surface area contributed by atoms with Gasteiger partial charge in [0.1, 0.15) is 0 Å². The Labute approximate surface area is 88.8 Å². The predicted molar refractivity (Wildman–Crippen MR) is 61.5 cm³/mol. The van der Waals surface area contributed by atoms with Crippen LogP contribution in [0.3, 0.4) is 0 Å². The first-order valence-corrected chi connectivity index (χ1v) is 5.01. The lowest BCUT2D eigenvalue weighted by Gasteiger charge is -2.38. The Kier molecular flexibility index (Phi) is 5.67. The van der Waals surface area contributed by atoms with E-state index in [0.717, 1.165) is 0 Å². The summed E-state index contributed by atoms with van der Waals surface area (Å²) in [6.07, 6.45) is -0.0470. The fourth-order valence-electron chi connectivity index (χ4n) is 1.01. The zero-order chi connectivity index (χ0) is 11.4. The van der Waals surface area contributed by atoms with Gasteiger partial charge in [0.25, 0.3) is 0 Å². The van der Waals surface area contributed by atoms with Crippen molar-refractivity contribution in [3.8, 4) is 0 Å². The van der Waals surface area contributed by atoms with Crippen molar-refractivity contribution >= 4 is 7.98 Å². The van der Waals surface area contributed by atoms with Gasteiger partial charge in [-0.15, -0.1) is 0 Å². The van der Waals surface area contributed by atoms with Gasteiger partial charge in [0.05, 0.1) is 6.17 Å². The van der Waals surface area contributed by atoms with Crippen LogP contribution >= 0.6 is 0 Å². The highest BCUT2D eigenvalue weighted by Gasteiger charge is 2.26. The third kappa shape index (κ3) is 4.42. The summed E-state index contributed by atoms with van der Waals surface area (Å²) >= 11 is 0. The molecular formula is C9H23BN4. The molecule has 0 aromatic heterocycles. The Morgan fingerprint density at radius 1 is 1.43 bits per heavy atom. The normalized spacial score (nSPS) is 17.1. The largest absolute Gasteiger partial charge is 0.339 e. The summed E-state index contributed by atoms with van der Waals surface area (Å²) in [5, 5.41) is 3.06. The average molecular weight is 198 g/mol. The summed E-state index contributed by atoms with van der Waals surface area (Å²) in [6, 6.07) is 0.207. The van der Waals surface area contributed by atoms with Crippen LogP contribution in [0.4, 0.5) is 0 Å². The fraction of sp³-hybridized carbons (Fsp3) is 1.00. The lowest BCUT2D eigenvalue weighted by atomic mass is 9.83. The van der Waals surface area contributed by atoms with Crippen LogP contribution in [-0.4, -0.2) is 38.2 Å². The summed E-state index contributed by atoms with van der Waals surface area (Å²) < 4.78 is 0. The minimum absolute atomic E-state index is 0.00820. The second-order valence-corrected chi connectivity index (χ2v) is 4.53. The van der Waals surface area contributed by atoms with Gasteiger partial charge < -0.3 is 16.3 Å². The predicted octanol–water partition coefficient (Wildman–Crippen LogP) is -0.403. The highest BCUT2D eigenvalue weighted by molar-refractivity contribution is 6.04. The van der Waals surface area contributed by atoms with Gasteiger partial charge in [-0.3, -0.25) is 5.32 Å². The van der Waals surface area contributed by atoms with Crippen molar-refractivity contribution in [2.24, 2.45) is 16.9 Å². The third-order valence-corrected chi connectivity index (χ3v) is 2.75. The second kappa shape index (κ2) is 5.71. The molecule has 4 nitrogen and oxygen atoms in total. The van der Waals surface area contributed by atoms with E-state index < -0.39 is 0 Å². The van der Waals surface area contributed by atoms with E-state index in [4.69, 9.17) is 19.4 Å². The van der Waals surface area contributed by atoms with Gasteiger partial charge in [0, 0.05) is 12.7 Å². The topological polar surface area (TPSA) is 67.3 Å². The number of rotatable bonds is 6. The van der Waals surface area contributed by atoms with E-state index in [1.165, 1.54) is 0 Å². The van der Waals surface area contributed by atoms with Crippen LogP contribution in [0.15, 0.2) is 0 Å². The Hall–Kier alpha value is -0.0951. The van der Waals surface area contributed by atoms with Gasteiger partial charge in [0.15, 0.2) is 7.98 Å². The molecule has 0 saturated heterocycles. The Balaban J connectivity index is 4.04. The number of nitrogens with one attached hydrogen (secondary N) is 1. The van der Waals surface area contributed by atoms with Crippen molar-refractivity contribution in [3.63, 3.8) is 0 Å². The van der Waals surface area contributed by atoms with Gasteiger partial charge in [-0.05, 0) is 25.8 Å². The molecule has 5 heteroatoms. The quantitative estimate of drug-likeness (QED) is 0.401. The molecule has 0 aromatic carbocycles. The molecule has 82 valence electrons. The number of hydrogen-bond donors (Lipinski definition) is 3. The van der Waals surface area contributed by atoms with E-state index in [0.29, 0.717) is 13.2 Å². The van der Waals surface area contributed by atoms with Crippen molar-refractivity contribution < 1.29 is 0 Å². The molecule has 0 heterocycles. The van der Waals surface area contributed by atoms with Crippen molar-refractivity contribution in [3.05, 3.63) is 0 Å². The van der Waals surface area contributed by atoms with Crippen LogP contribution in [0, 0.1) is 5.41 Å². The molecular weight excluding hydrogens is 175 g/mol. The molecule has 0 saturated carbocycles. The number of hydrogen-bond acceptors (Lipinski definition) is 4. The molecule has 0 aromatic rings. The van der Waals surface area contributed by atoms with Crippen LogP contribution in [0.25, 0.3) is 0 Å². The molecule has 0 spiro atoms. The molecule has 0 aliphatic carbocycles. The van der Waals surface area contributed by atoms with E-state index in [-0.39, 0.29) is 17.6 Å². The van der Waals surface area contributed by atoms with Gasteiger partial charge >= 0.3 is 0 Å². The first-order chi connectivity index (χ1) is 6.31. The highest BCUT2D eigenvalue weighted by Crippen LogP contribution is 2.21. The minimum Gasteiger partial charge on any atom is -0.339 e. The fourth-order valence-corrected chi connectivity index (χ4v) is 1.01. The van der Waals surface area contributed by atoms with Gasteiger partial charge in [-0.2, -0.15) is 0 Å². The molecule has 0 amide bonds. The first-order valence-electron chi connectivity index (χ1n) is 5.01. The van der Waals surface area contributed by atoms with E-state index in [1.54, 1.807) is 4.81 Å². The van der Waals surface area contributed by atoms with Crippen molar-refractivity contribution in [2.45, 2.75) is 39.9 Å². The third-order valence-electron chi connectivity index (χ3n) is 2.75. The summed E-state index contributed by atoms with van der Waals surface area (Å²) in [5.74, 6) is 0. The van der Waals surface area contributed by atoms with Gasteiger partial charge in [-0.1, -0.05) is 13.8 Å². The van der Waals surface area contributed by atoms with Crippen LogP contribution in [-0.2, 0) is 0 Å². The molecule has 14 heavy (non-hydrogen) atoms. The number of nitrogens with two attached hydrogens (primary N) is 2. The maximum Gasteiger partial charge on any atom is 0.184 e. The van der Waals surface area contributed by atoms with Crippen molar-refractivity contribution in [2.75, 3.05) is 13.2 Å². The maximum absolute atomic E-state index is 5.89. The first kappa shape index (κ1) is 13.9. The molecule has 0 aliphatic rings. The summed E-state index contributed by atoms with van der Waals surface area (Å²) in [6.45, 7) is 9.33. The lowest BCUT2D eigenvalue weighted by Crippen LogP contribution is -2.51. The van der Waals surface area contributed by atoms with E-state index in [1.807, 2.05) is 6.92 Å². The van der Waals surface area contributed by atoms with Gasteiger partial charge in [-0.25, -0.2) is 0 Å². The van der Waals surface area contributed by atoms with Crippen LogP contribution < -0.4 is 16.8 Å². The molecule has 2 radical (unpaired) electrons. The molecule has 2 atom stereocenters. The van der Waals surface area contributed by atoms with E-state index in [9.17, 15) is 0 Å². The second-order valence-electron chi connectivity index (χ2n) is 4.53. The molecule has 0 rings (SSSR count). The molecule has 2 unspecified atom stereocenters. The molecule has 0 bridgehead atoms. The number of nitrogens with zero attached hydrogens (tertiary/aromatic N) is 1. The maximum atomic E-state index is 5.89. The van der Waals surface area contributed by atoms with Crippen LogP contribution in [0.5, 0.6) is 0 Å². The zero-order valence-corrected chi connectivity index (χ0v) is 9.75. The summed E-state index contributed by atoms with van der Waals surface area (Å²) in [5.41, 5.74) is 11.2. The van der Waals surface area contributed by atoms with Crippen LogP contribution in [0.1, 0.15) is 27.7 Å². The Morgan fingerprint density at radius 2 is 1.93 bits per heavy atom. The molecule has 0 fully saturated rings. The zero-order valence-electron chi connectivity index (χ0n) is 9.75. The smallest absolute Gasteiger partial charge is 0.184 e. The Morgan fingerprint density at radius 3 is 2.29 bits per heavy atom. The minimum atomic E-state index is -0.0470. The van der Waals surface area contributed by atoms with Crippen LogP contribution in [0.2, 0.25) is 0 Å². The SMILES string of the molecule is [B]N(CNC(C)N)C(C)C(C)(C)CN. The average Bonchev–Trinajstić information content (AvgIpc) is 2.12. The monoisotopic (exact) mass is 198 g/mol. The molecule has 5 N–H and O–H groups in total. The standard InChI is InChI=1S/C9H23BN4/c1-7(9(3,4)5-11)14(10)6-13-8(2)12/h7-8,13H,5-6,11-12H2,1-4H3. The van der Waals surface area contributed by atoms with E-state index >= 15 is 0 Å².